The van der Waals surface area contributed by atoms with Crippen LogP contribution in [-0.4, -0.2) is 45.9 Å². The number of benzene rings is 1. The lowest BCUT2D eigenvalue weighted by Gasteiger charge is -2.13. The van der Waals surface area contributed by atoms with Gasteiger partial charge in [-0.1, -0.05) is 0 Å². The third-order valence-corrected chi connectivity index (χ3v) is 3.28. The molecule has 26 heavy (non-hydrogen) atoms. The van der Waals surface area contributed by atoms with Crippen molar-refractivity contribution in [3.05, 3.63) is 29.8 Å². The highest BCUT2D eigenvalue weighted by atomic mass is 127. The van der Waals surface area contributed by atoms with Crippen LogP contribution in [0.25, 0.3) is 0 Å². The summed E-state index contributed by atoms with van der Waals surface area (Å²) >= 11 is 0. The smallest absolute Gasteiger partial charge is 0.416 e. The fourth-order valence-electron chi connectivity index (χ4n) is 1.98. The number of hydrogen-bond donors (Lipinski definition) is 2. The molecule has 0 radical (unpaired) electrons. The number of alkyl halides is 3. The van der Waals surface area contributed by atoms with E-state index >= 15 is 0 Å². The van der Waals surface area contributed by atoms with Gasteiger partial charge < -0.3 is 20.1 Å². The van der Waals surface area contributed by atoms with Gasteiger partial charge in [-0.3, -0.25) is 4.99 Å². The zero-order valence-corrected chi connectivity index (χ0v) is 17.4. The van der Waals surface area contributed by atoms with Crippen LogP contribution in [0.5, 0.6) is 5.75 Å². The van der Waals surface area contributed by atoms with E-state index in [-0.39, 0.29) is 24.0 Å². The van der Waals surface area contributed by atoms with Crippen molar-refractivity contribution in [2.75, 3.05) is 40.0 Å². The molecule has 0 aliphatic rings. The predicted octanol–water partition coefficient (Wildman–Crippen LogP) is 3.68. The van der Waals surface area contributed by atoms with Crippen molar-refractivity contribution >= 4 is 29.9 Å². The number of guanidine groups is 1. The van der Waals surface area contributed by atoms with Crippen molar-refractivity contribution in [3.8, 4) is 5.75 Å². The average molecular weight is 489 g/mol. The van der Waals surface area contributed by atoms with Crippen LogP contribution in [0.4, 0.5) is 13.2 Å². The molecule has 9 heteroatoms. The number of nitrogens with zero attached hydrogens (tertiary/aromatic N) is 1. The Hall–Kier alpha value is -1.23. The van der Waals surface area contributed by atoms with Crippen LogP contribution in [0.1, 0.15) is 25.3 Å². The number of nitrogens with one attached hydrogen (secondary N) is 2. The van der Waals surface area contributed by atoms with Gasteiger partial charge in [0.25, 0.3) is 0 Å². The van der Waals surface area contributed by atoms with Crippen LogP contribution in [0.15, 0.2) is 29.3 Å². The van der Waals surface area contributed by atoms with Crippen molar-refractivity contribution in [2.24, 2.45) is 4.99 Å². The summed E-state index contributed by atoms with van der Waals surface area (Å²) in [7, 11) is 1.67. The lowest BCUT2D eigenvalue weighted by Crippen LogP contribution is -2.39. The van der Waals surface area contributed by atoms with Gasteiger partial charge in [-0.15, -0.1) is 24.0 Å². The first-order valence-electron chi connectivity index (χ1n) is 8.29. The highest BCUT2D eigenvalue weighted by molar-refractivity contribution is 14.0. The zero-order chi connectivity index (χ0) is 18.5. The van der Waals surface area contributed by atoms with Gasteiger partial charge in [0.05, 0.1) is 12.1 Å². The van der Waals surface area contributed by atoms with Gasteiger partial charge in [-0.05, 0) is 44.0 Å². The fraction of sp³-hybridized carbons (Fsp3) is 0.588. The molecule has 0 fully saturated rings. The van der Waals surface area contributed by atoms with E-state index in [0.29, 0.717) is 24.9 Å². The van der Waals surface area contributed by atoms with E-state index in [2.05, 4.69) is 15.6 Å². The van der Waals surface area contributed by atoms with Crippen LogP contribution in [-0.2, 0) is 10.9 Å². The van der Waals surface area contributed by atoms with Crippen LogP contribution in [0, 0.1) is 0 Å². The summed E-state index contributed by atoms with van der Waals surface area (Å²) in [6, 6.07) is 4.64. The number of unbranched alkanes of at least 4 members (excludes halogenated alkanes) is 1. The molecule has 150 valence electrons. The van der Waals surface area contributed by atoms with Gasteiger partial charge in [0.15, 0.2) is 5.96 Å². The van der Waals surface area contributed by atoms with Gasteiger partial charge >= 0.3 is 6.18 Å². The van der Waals surface area contributed by atoms with E-state index in [1.54, 1.807) is 7.05 Å². The highest BCUT2D eigenvalue weighted by Gasteiger charge is 2.29. The standard InChI is InChI=1S/C17H26F3N3O2.HI/c1-3-24-12-5-4-10-22-16(21-2)23-11-13-25-15-8-6-14(7-9-15)17(18,19)20;/h6-9H,3-5,10-13H2,1-2H3,(H2,21,22,23);1H. The van der Waals surface area contributed by atoms with Gasteiger partial charge in [0, 0.05) is 26.8 Å². The lowest BCUT2D eigenvalue weighted by atomic mass is 10.2. The molecule has 1 aromatic rings. The Morgan fingerprint density at radius 3 is 2.27 bits per heavy atom. The van der Waals surface area contributed by atoms with E-state index in [9.17, 15) is 13.2 Å². The Balaban J connectivity index is 0.00000625. The summed E-state index contributed by atoms with van der Waals surface area (Å²) in [6.45, 7) is 5.04. The summed E-state index contributed by atoms with van der Waals surface area (Å²) < 4.78 is 48.1. The monoisotopic (exact) mass is 489 g/mol. The van der Waals surface area contributed by atoms with Gasteiger partial charge in [0.1, 0.15) is 12.4 Å². The van der Waals surface area contributed by atoms with Gasteiger partial charge in [-0.25, -0.2) is 0 Å². The maximum Gasteiger partial charge on any atom is 0.416 e. The molecule has 0 bridgehead atoms. The molecule has 0 amide bonds. The molecule has 0 aliphatic heterocycles. The Labute approximate surface area is 169 Å². The first-order chi connectivity index (χ1) is 12.0. The third-order valence-electron chi connectivity index (χ3n) is 3.28. The quantitative estimate of drug-likeness (QED) is 0.228. The second kappa shape index (κ2) is 13.9. The maximum absolute atomic E-state index is 12.5. The summed E-state index contributed by atoms with van der Waals surface area (Å²) in [4.78, 5) is 4.09. The molecule has 0 saturated heterocycles. The number of ether oxygens (including phenoxy) is 2. The molecule has 0 spiro atoms. The highest BCUT2D eigenvalue weighted by Crippen LogP contribution is 2.30. The van der Waals surface area contributed by atoms with Crippen molar-refractivity contribution in [2.45, 2.75) is 25.9 Å². The largest absolute Gasteiger partial charge is 0.492 e. The second-order valence-electron chi connectivity index (χ2n) is 5.20. The molecule has 0 heterocycles. The van der Waals surface area contributed by atoms with Crippen molar-refractivity contribution in [3.63, 3.8) is 0 Å². The van der Waals surface area contributed by atoms with Gasteiger partial charge in [-0.2, -0.15) is 13.2 Å². The molecule has 0 aromatic heterocycles. The minimum Gasteiger partial charge on any atom is -0.492 e. The molecule has 0 unspecified atom stereocenters. The average Bonchev–Trinajstić information content (AvgIpc) is 2.59. The minimum atomic E-state index is -4.33. The van der Waals surface area contributed by atoms with Crippen LogP contribution < -0.4 is 15.4 Å². The predicted molar refractivity (Wildman–Crippen MR) is 107 cm³/mol. The second-order valence-corrected chi connectivity index (χ2v) is 5.20. The molecule has 1 rings (SSSR count). The number of aliphatic imine (C=N–C) groups is 1. The Kier molecular flexibility index (Phi) is 13.2. The summed E-state index contributed by atoms with van der Waals surface area (Å²) in [6.07, 6.45) is -2.38. The normalized spacial score (nSPS) is 11.7. The zero-order valence-electron chi connectivity index (χ0n) is 15.1. The van der Waals surface area contributed by atoms with Crippen molar-refractivity contribution in [1.29, 1.82) is 0 Å². The lowest BCUT2D eigenvalue weighted by molar-refractivity contribution is -0.137. The van der Waals surface area contributed by atoms with E-state index in [0.717, 1.165) is 44.7 Å². The Morgan fingerprint density at radius 2 is 1.69 bits per heavy atom. The van der Waals surface area contributed by atoms with Gasteiger partial charge in [0.2, 0.25) is 0 Å². The minimum absolute atomic E-state index is 0. The van der Waals surface area contributed by atoms with E-state index in [1.807, 2.05) is 6.92 Å². The van der Waals surface area contributed by atoms with Crippen LogP contribution in [0.2, 0.25) is 0 Å². The number of hydrogen-bond acceptors (Lipinski definition) is 3. The molecule has 5 nitrogen and oxygen atoms in total. The van der Waals surface area contributed by atoms with Crippen molar-refractivity contribution < 1.29 is 22.6 Å². The molecule has 0 aliphatic carbocycles. The molecule has 0 atom stereocenters. The molecule has 1 aromatic carbocycles. The topological polar surface area (TPSA) is 54.9 Å². The fourth-order valence-corrected chi connectivity index (χ4v) is 1.98. The number of halogens is 4. The van der Waals surface area contributed by atoms with Crippen molar-refractivity contribution in [1.82, 2.24) is 10.6 Å². The summed E-state index contributed by atoms with van der Waals surface area (Å²) in [5.74, 6) is 1.06. The first kappa shape index (κ1) is 24.8. The Morgan fingerprint density at radius 1 is 1.04 bits per heavy atom. The first-order valence-corrected chi connectivity index (χ1v) is 8.29. The van der Waals surface area contributed by atoms with E-state index in [1.165, 1.54) is 12.1 Å². The molecule has 2 N–H and O–H groups in total. The summed E-state index contributed by atoms with van der Waals surface area (Å²) in [5, 5.41) is 6.25. The molecular formula is C17H27F3IN3O2. The Bertz CT molecular complexity index is 511. The SMILES string of the molecule is CCOCCCCNC(=NC)NCCOc1ccc(C(F)(F)F)cc1.I. The van der Waals surface area contributed by atoms with E-state index in [4.69, 9.17) is 9.47 Å². The maximum atomic E-state index is 12.5. The molecular weight excluding hydrogens is 462 g/mol. The van der Waals surface area contributed by atoms with Crippen LogP contribution >= 0.6 is 24.0 Å². The van der Waals surface area contributed by atoms with Crippen LogP contribution in [0.3, 0.4) is 0 Å². The molecule has 0 saturated carbocycles. The van der Waals surface area contributed by atoms with E-state index < -0.39 is 11.7 Å². The summed E-state index contributed by atoms with van der Waals surface area (Å²) in [5.41, 5.74) is -0.688. The third kappa shape index (κ3) is 10.7. The number of rotatable bonds is 10.